The van der Waals surface area contributed by atoms with Crippen LogP contribution in [0.4, 0.5) is 21.0 Å². The molecule has 0 aromatic heterocycles. The van der Waals surface area contributed by atoms with Gasteiger partial charge in [0.1, 0.15) is 18.8 Å². The van der Waals surface area contributed by atoms with Crippen molar-refractivity contribution in [3.63, 3.8) is 0 Å². The summed E-state index contributed by atoms with van der Waals surface area (Å²) in [7, 11) is 0. The van der Waals surface area contributed by atoms with Crippen LogP contribution in [0, 0.1) is 0 Å². The number of carbonyl (C=O) groups is 4. The second-order valence-electron chi connectivity index (χ2n) is 9.86. The molecule has 10 heteroatoms. The van der Waals surface area contributed by atoms with Gasteiger partial charge in [-0.15, -0.1) is 0 Å². The molecular weight excluding hydrogens is 514 g/mol. The Morgan fingerprint density at radius 3 is 2.23 bits per heavy atom. The number of para-hydroxylation sites is 1. The van der Waals surface area contributed by atoms with Crippen LogP contribution in [-0.2, 0) is 27.3 Å². The molecule has 0 saturated carbocycles. The first-order valence-electron chi connectivity index (χ1n) is 12.7. The van der Waals surface area contributed by atoms with Crippen LogP contribution in [0.3, 0.4) is 0 Å². The summed E-state index contributed by atoms with van der Waals surface area (Å²) in [6.45, 7) is 5.77. The third kappa shape index (κ3) is 9.46. The molecule has 3 N–H and O–H groups in total. The number of nitrogens with zero attached hydrogens (tertiary/aromatic N) is 1. The van der Waals surface area contributed by atoms with Crippen molar-refractivity contribution in [2.75, 3.05) is 23.3 Å². The van der Waals surface area contributed by atoms with Gasteiger partial charge in [-0.05, 0) is 62.6 Å². The van der Waals surface area contributed by atoms with E-state index in [1.165, 1.54) is 5.56 Å². The molecule has 0 fully saturated rings. The van der Waals surface area contributed by atoms with E-state index in [9.17, 15) is 19.2 Å². The van der Waals surface area contributed by atoms with E-state index in [0.717, 1.165) is 29.1 Å². The van der Waals surface area contributed by atoms with Crippen molar-refractivity contribution in [3.8, 4) is 0 Å². The number of ether oxygens (including phenoxy) is 2. The number of amides is 3. The molecule has 3 aromatic rings. The van der Waals surface area contributed by atoms with Gasteiger partial charge >= 0.3 is 18.2 Å². The smallest absolute Gasteiger partial charge is 0.415 e. The quantitative estimate of drug-likeness (QED) is 0.382. The van der Waals surface area contributed by atoms with Crippen LogP contribution in [0.5, 0.6) is 0 Å². The molecule has 1 aliphatic heterocycles. The molecule has 10 nitrogen and oxygen atoms in total. The maximum absolute atomic E-state index is 12.0. The minimum atomic E-state index is -1.09. The number of benzene rings is 3. The highest BCUT2D eigenvalue weighted by molar-refractivity contribution is 6.03. The fraction of sp³-hybridized carbons (Fsp3) is 0.267. The van der Waals surface area contributed by atoms with Gasteiger partial charge in [-0.2, -0.15) is 0 Å². The molecule has 1 heterocycles. The van der Waals surface area contributed by atoms with E-state index < -0.39 is 36.2 Å². The van der Waals surface area contributed by atoms with Gasteiger partial charge in [0.25, 0.3) is 5.91 Å². The Kier molecular flexibility index (Phi) is 10.2. The normalized spacial score (nSPS) is 11.6. The number of fused-ring (bicyclic) bond motifs is 1. The predicted molar refractivity (Wildman–Crippen MR) is 150 cm³/mol. The Bertz CT molecular complexity index is 1320. The van der Waals surface area contributed by atoms with E-state index in [1.807, 2.05) is 36.4 Å². The number of hydrogen-bond acceptors (Lipinski definition) is 7. The lowest BCUT2D eigenvalue weighted by Gasteiger charge is -2.26. The molecule has 0 atom stereocenters. The molecule has 40 heavy (non-hydrogen) atoms. The summed E-state index contributed by atoms with van der Waals surface area (Å²) in [4.78, 5) is 47.5. The van der Waals surface area contributed by atoms with Crippen LogP contribution in [-0.4, -0.2) is 47.9 Å². The van der Waals surface area contributed by atoms with Crippen molar-refractivity contribution in [1.29, 1.82) is 0 Å². The standard InChI is InChI=1S/C17H16N2O3.C13H17NO4/c20-16(14-7-6-13-8-9-18-15(13)10-14)19-17(21)22-11-12-4-2-1-3-5-12;1-13(2,3)18-12(17)14(9-11(15)16)10-7-5-4-6-8-10/h1-7,10,18H,8-9,11H2,(H,19,20,21);4-8H,9H2,1-3H3,(H,15,16). The van der Waals surface area contributed by atoms with Gasteiger partial charge in [0, 0.05) is 23.5 Å². The second-order valence-corrected chi connectivity index (χ2v) is 9.86. The number of carbonyl (C=O) groups excluding carboxylic acids is 3. The van der Waals surface area contributed by atoms with Gasteiger partial charge < -0.3 is 19.9 Å². The van der Waals surface area contributed by atoms with Crippen molar-refractivity contribution in [2.45, 2.75) is 39.4 Å². The summed E-state index contributed by atoms with van der Waals surface area (Å²) >= 11 is 0. The molecule has 0 radical (unpaired) electrons. The van der Waals surface area contributed by atoms with Gasteiger partial charge in [-0.25, -0.2) is 9.59 Å². The zero-order valence-corrected chi connectivity index (χ0v) is 22.7. The minimum absolute atomic E-state index is 0.131. The monoisotopic (exact) mass is 547 g/mol. The molecule has 0 aliphatic carbocycles. The van der Waals surface area contributed by atoms with Gasteiger partial charge in [0.05, 0.1) is 0 Å². The number of anilines is 2. The predicted octanol–water partition coefficient (Wildman–Crippen LogP) is 5.23. The van der Waals surface area contributed by atoms with E-state index in [4.69, 9.17) is 14.6 Å². The average molecular weight is 548 g/mol. The topological polar surface area (TPSA) is 134 Å². The maximum atomic E-state index is 12.0. The summed E-state index contributed by atoms with van der Waals surface area (Å²) in [6.07, 6.45) is -0.463. The zero-order valence-electron chi connectivity index (χ0n) is 22.7. The lowest BCUT2D eigenvalue weighted by molar-refractivity contribution is -0.135. The maximum Gasteiger partial charge on any atom is 0.415 e. The number of rotatable bonds is 6. The van der Waals surface area contributed by atoms with Crippen LogP contribution >= 0.6 is 0 Å². The Balaban J connectivity index is 0.000000226. The first-order chi connectivity index (χ1) is 19.0. The second kappa shape index (κ2) is 13.8. The fourth-order valence-corrected chi connectivity index (χ4v) is 3.68. The SMILES string of the molecule is CC(C)(C)OC(=O)N(CC(=O)O)c1ccccc1.O=C(NC(=O)c1ccc2c(c1)NCC2)OCc1ccccc1. The lowest BCUT2D eigenvalue weighted by Crippen LogP contribution is -2.39. The average Bonchev–Trinajstić information content (AvgIpc) is 3.39. The van der Waals surface area contributed by atoms with Crippen LogP contribution in [0.2, 0.25) is 0 Å². The third-order valence-electron chi connectivity index (χ3n) is 5.49. The van der Waals surface area contributed by atoms with Gasteiger partial charge in [-0.3, -0.25) is 19.8 Å². The van der Waals surface area contributed by atoms with E-state index >= 15 is 0 Å². The number of aliphatic carboxylic acids is 1. The molecule has 3 amide bonds. The third-order valence-corrected chi connectivity index (χ3v) is 5.49. The molecule has 1 aliphatic rings. The summed E-state index contributed by atoms with van der Waals surface area (Å²) in [5.74, 6) is -1.56. The number of hydrogen-bond donors (Lipinski definition) is 3. The number of carboxylic acid groups (broad SMARTS) is 1. The Morgan fingerprint density at radius 2 is 1.60 bits per heavy atom. The Hall–Kier alpha value is -4.86. The van der Waals surface area contributed by atoms with Crippen LogP contribution in [0.25, 0.3) is 0 Å². The van der Waals surface area contributed by atoms with Crippen molar-refractivity contribution < 1.29 is 33.8 Å². The molecular formula is C30H33N3O7. The largest absolute Gasteiger partial charge is 0.480 e. The van der Waals surface area contributed by atoms with Crippen molar-refractivity contribution in [1.82, 2.24) is 5.32 Å². The molecule has 210 valence electrons. The van der Waals surface area contributed by atoms with Gasteiger partial charge in [0.2, 0.25) is 0 Å². The van der Waals surface area contributed by atoms with Crippen molar-refractivity contribution in [2.24, 2.45) is 0 Å². The Labute approximate surface area is 232 Å². The highest BCUT2D eigenvalue weighted by Crippen LogP contribution is 2.23. The van der Waals surface area contributed by atoms with E-state index in [-0.39, 0.29) is 6.61 Å². The lowest BCUT2D eigenvalue weighted by atomic mass is 10.1. The van der Waals surface area contributed by atoms with E-state index in [1.54, 1.807) is 63.2 Å². The number of alkyl carbamates (subject to hydrolysis) is 1. The molecule has 0 unspecified atom stereocenters. The zero-order chi connectivity index (χ0) is 29.1. The first kappa shape index (κ1) is 29.7. The fourth-order valence-electron chi connectivity index (χ4n) is 3.68. The van der Waals surface area contributed by atoms with Crippen molar-refractivity contribution >= 4 is 35.4 Å². The number of carboxylic acids is 1. The molecule has 4 rings (SSSR count). The van der Waals surface area contributed by atoms with Crippen LogP contribution in [0.1, 0.15) is 42.3 Å². The highest BCUT2D eigenvalue weighted by Gasteiger charge is 2.25. The summed E-state index contributed by atoms with van der Waals surface area (Å²) in [5, 5.41) is 14.3. The number of nitrogens with one attached hydrogen (secondary N) is 2. The minimum Gasteiger partial charge on any atom is -0.480 e. The molecule has 3 aromatic carbocycles. The van der Waals surface area contributed by atoms with E-state index in [0.29, 0.717) is 11.3 Å². The van der Waals surface area contributed by atoms with Crippen LogP contribution < -0.4 is 15.5 Å². The molecule has 0 saturated heterocycles. The highest BCUT2D eigenvalue weighted by atomic mass is 16.6. The van der Waals surface area contributed by atoms with Gasteiger partial charge in [0.15, 0.2) is 0 Å². The first-order valence-corrected chi connectivity index (χ1v) is 12.7. The molecule has 0 spiro atoms. The van der Waals surface area contributed by atoms with Gasteiger partial charge in [-0.1, -0.05) is 54.6 Å². The molecule has 0 bridgehead atoms. The van der Waals surface area contributed by atoms with Crippen LogP contribution in [0.15, 0.2) is 78.9 Å². The number of imide groups is 1. The Morgan fingerprint density at radius 1 is 0.950 bits per heavy atom. The van der Waals surface area contributed by atoms with Crippen molar-refractivity contribution in [3.05, 3.63) is 95.6 Å². The summed E-state index contributed by atoms with van der Waals surface area (Å²) in [6, 6.07) is 23.2. The summed E-state index contributed by atoms with van der Waals surface area (Å²) in [5.41, 5.74) is 3.27. The summed E-state index contributed by atoms with van der Waals surface area (Å²) < 4.78 is 10.2. The van der Waals surface area contributed by atoms with E-state index in [2.05, 4.69) is 10.6 Å².